The van der Waals surface area contributed by atoms with Crippen LogP contribution in [0.3, 0.4) is 0 Å². The van der Waals surface area contributed by atoms with Crippen LogP contribution in [0.2, 0.25) is 0 Å². The van der Waals surface area contributed by atoms with Gasteiger partial charge in [-0.05, 0) is 44.5 Å². The van der Waals surface area contributed by atoms with Crippen LogP contribution in [-0.4, -0.2) is 47.2 Å². The Morgan fingerprint density at radius 3 is 2.77 bits per heavy atom. The van der Waals surface area contributed by atoms with Crippen molar-refractivity contribution in [2.75, 3.05) is 23.4 Å². The summed E-state index contributed by atoms with van der Waals surface area (Å²) in [7, 11) is -3.05. The highest BCUT2D eigenvalue weighted by Gasteiger charge is 2.31. The second-order valence-electron chi connectivity index (χ2n) is 7.50. The van der Waals surface area contributed by atoms with E-state index in [0.29, 0.717) is 24.5 Å². The molecule has 1 N–H and O–H groups in total. The first-order chi connectivity index (χ1) is 14.8. The number of aromatic nitrogens is 3. The Balaban J connectivity index is 1.42. The van der Waals surface area contributed by atoms with Crippen LogP contribution in [0.4, 0.5) is 5.82 Å². The SMILES string of the molecule is CCOc1ccc(-c2nc(CC(=O)Nc3cc(C)nn3C3CCS(=O)(=O)C3)cs2)cc1. The fourth-order valence-corrected chi connectivity index (χ4v) is 6.11. The Morgan fingerprint density at radius 2 is 2.10 bits per heavy atom. The molecule has 31 heavy (non-hydrogen) atoms. The lowest BCUT2D eigenvalue weighted by molar-refractivity contribution is -0.115. The monoisotopic (exact) mass is 460 g/mol. The van der Waals surface area contributed by atoms with E-state index in [0.717, 1.165) is 22.0 Å². The summed E-state index contributed by atoms with van der Waals surface area (Å²) >= 11 is 1.48. The van der Waals surface area contributed by atoms with Gasteiger partial charge >= 0.3 is 0 Å². The van der Waals surface area contributed by atoms with E-state index in [1.165, 1.54) is 11.3 Å². The van der Waals surface area contributed by atoms with E-state index >= 15 is 0 Å². The van der Waals surface area contributed by atoms with E-state index in [2.05, 4.69) is 15.4 Å². The van der Waals surface area contributed by atoms with Gasteiger partial charge in [-0.3, -0.25) is 4.79 Å². The molecule has 2 aromatic heterocycles. The summed E-state index contributed by atoms with van der Waals surface area (Å²) in [6.45, 7) is 4.37. The number of hydrogen-bond acceptors (Lipinski definition) is 7. The lowest BCUT2D eigenvalue weighted by atomic mass is 10.2. The molecule has 1 amide bonds. The van der Waals surface area contributed by atoms with Crippen LogP contribution in [0.5, 0.6) is 5.75 Å². The van der Waals surface area contributed by atoms with Crippen LogP contribution >= 0.6 is 11.3 Å². The first-order valence-electron chi connectivity index (χ1n) is 10.1. The fraction of sp³-hybridized carbons (Fsp3) is 0.381. The van der Waals surface area contributed by atoms with Crippen molar-refractivity contribution in [3.63, 3.8) is 0 Å². The fourth-order valence-electron chi connectivity index (χ4n) is 3.59. The van der Waals surface area contributed by atoms with Gasteiger partial charge in [0.25, 0.3) is 0 Å². The van der Waals surface area contributed by atoms with Crippen molar-refractivity contribution < 1.29 is 17.9 Å². The van der Waals surface area contributed by atoms with Gasteiger partial charge in [-0.1, -0.05) is 0 Å². The first kappa shape index (κ1) is 21.5. The molecule has 1 aliphatic heterocycles. The number of sulfone groups is 1. The number of carbonyl (C=O) groups excluding carboxylic acids is 1. The van der Waals surface area contributed by atoms with Crippen molar-refractivity contribution >= 4 is 32.9 Å². The van der Waals surface area contributed by atoms with Crippen molar-refractivity contribution in [2.24, 2.45) is 0 Å². The first-order valence-corrected chi connectivity index (χ1v) is 12.8. The summed E-state index contributed by atoms with van der Waals surface area (Å²) in [6.07, 6.45) is 0.630. The third-order valence-corrected chi connectivity index (χ3v) is 7.68. The number of amides is 1. The molecule has 0 bridgehead atoms. The predicted molar refractivity (Wildman–Crippen MR) is 120 cm³/mol. The quantitative estimate of drug-likeness (QED) is 0.581. The molecule has 1 fully saturated rings. The van der Waals surface area contributed by atoms with Crippen LogP contribution in [0.1, 0.15) is 30.8 Å². The molecule has 0 radical (unpaired) electrons. The molecule has 0 aliphatic carbocycles. The summed E-state index contributed by atoms with van der Waals surface area (Å²) in [6, 6.07) is 9.21. The highest BCUT2D eigenvalue weighted by atomic mass is 32.2. The largest absolute Gasteiger partial charge is 0.494 e. The Bertz CT molecular complexity index is 1180. The highest BCUT2D eigenvalue weighted by Crippen LogP contribution is 2.28. The van der Waals surface area contributed by atoms with E-state index in [-0.39, 0.29) is 29.9 Å². The van der Waals surface area contributed by atoms with Crippen LogP contribution in [0.25, 0.3) is 10.6 Å². The van der Waals surface area contributed by atoms with Crippen molar-refractivity contribution in [1.29, 1.82) is 0 Å². The molecule has 3 heterocycles. The Hall–Kier alpha value is -2.72. The van der Waals surface area contributed by atoms with E-state index in [1.54, 1.807) is 10.7 Å². The van der Waals surface area contributed by atoms with Crippen LogP contribution in [0, 0.1) is 6.92 Å². The molecule has 0 spiro atoms. The van der Waals surface area contributed by atoms with Gasteiger partial charge in [-0.15, -0.1) is 11.3 Å². The van der Waals surface area contributed by atoms with E-state index in [4.69, 9.17) is 4.74 Å². The van der Waals surface area contributed by atoms with Crippen molar-refractivity contribution in [3.8, 4) is 16.3 Å². The summed E-state index contributed by atoms with van der Waals surface area (Å²) in [5.41, 5.74) is 2.37. The van der Waals surface area contributed by atoms with E-state index in [1.807, 2.05) is 43.5 Å². The molecular weight excluding hydrogens is 436 g/mol. The van der Waals surface area contributed by atoms with E-state index < -0.39 is 9.84 Å². The summed E-state index contributed by atoms with van der Waals surface area (Å²) in [5, 5.41) is 9.97. The number of carbonyl (C=O) groups is 1. The van der Waals surface area contributed by atoms with Gasteiger partial charge in [-0.2, -0.15) is 5.10 Å². The molecular formula is C21H24N4O4S2. The molecule has 0 saturated carbocycles. The zero-order valence-electron chi connectivity index (χ0n) is 17.4. The number of nitrogens with zero attached hydrogens (tertiary/aromatic N) is 3. The minimum Gasteiger partial charge on any atom is -0.494 e. The summed E-state index contributed by atoms with van der Waals surface area (Å²) in [4.78, 5) is 17.2. The zero-order valence-corrected chi connectivity index (χ0v) is 19.0. The lowest BCUT2D eigenvalue weighted by Crippen LogP contribution is -2.20. The second-order valence-corrected chi connectivity index (χ2v) is 10.6. The third-order valence-electron chi connectivity index (χ3n) is 4.99. The van der Waals surface area contributed by atoms with Gasteiger partial charge < -0.3 is 10.1 Å². The zero-order chi connectivity index (χ0) is 22.0. The molecule has 3 aromatic rings. The van der Waals surface area contributed by atoms with Crippen LogP contribution in [0.15, 0.2) is 35.7 Å². The van der Waals surface area contributed by atoms with Gasteiger partial charge in [0.15, 0.2) is 9.84 Å². The number of rotatable bonds is 7. The number of thiazole rings is 1. The smallest absolute Gasteiger partial charge is 0.231 e. The van der Waals surface area contributed by atoms with E-state index in [9.17, 15) is 13.2 Å². The number of anilines is 1. The van der Waals surface area contributed by atoms with Gasteiger partial charge in [0, 0.05) is 17.0 Å². The topological polar surface area (TPSA) is 103 Å². The third kappa shape index (κ3) is 5.13. The molecule has 1 aliphatic rings. The minimum atomic E-state index is -3.05. The lowest BCUT2D eigenvalue weighted by Gasteiger charge is -2.13. The normalized spacial score (nSPS) is 17.5. The van der Waals surface area contributed by atoms with Crippen molar-refractivity contribution in [2.45, 2.75) is 32.7 Å². The number of nitrogens with one attached hydrogen (secondary N) is 1. The summed E-state index contributed by atoms with van der Waals surface area (Å²) in [5.74, 6) is 1.31. The maximum absolute atomic E-state index is 12.6. The number of aryl methyl sites for hydroxylation is 1. The molecule has 1 unspecified atom stereocenters. The van der Waals surface area contributed by atoms with Gasteiger partial charge in [0.05, 0.1) is 42.0 Å². The van der Waals surface area contributed by atoms with Crippen molar-refractivity contribution in [3.05, 3.63) is 47.1 Å². The number of benzene rings is 1. The highest BCUT2D eigenvalue weighted by molar-refractivity contribution is 7.91. The predicted octanol–water partition coefficient (Wildman–Crippen LogP) is 3.25. The van der Waals surface area contributed by atoms with Gasteiger partial charge in [0.1, 0.15) is 16.6 Å². The van der Waals surface area contributed by atoms with Crippen LogP contribution < -0.4 is 10.1 Å². The Kier molecular flexibility index (Phi) is 6.10. The summed E-state index contributed by atoms with van der Waals surface area (Å²) < 4.78 is 30.7. The average Bonchev–Trinajstić information content (AvgIpc) is 3.41. The molecule has 8 nitrogen and oxygen atoms in total. The number of hydrogen-bond donors (Lipinski definition) is 1. The maximum atomic E-state index is 12.6. The van der Waals surface area contributed by atoms with Crippen molar-refractivity contribution in [1.82, 2.24) is 14.8 Å². The molecule has 1 aromatic carbocycles. The second kappa shape index (κ2) is 8.80. The Labute approximate surface area is 185 Å². The minimum absolute atomic E-state index is 0.0501. The molecule has 4 rings (SSSR count). The Morgan fingerprint density at radius 1 is 1.32 bits per heavy atom. The number of ether oxygens (including phenoxy) is 1. The van der Waals surface area contributed by atoms with Gasteiger partial charge in [-0.25, -0.2) is 18.1 Å². The molecule has 1 atom stereocenters. The standard InChI is InChI=1S/C21H24N4O4S2/c1-3-29-18-6-4-15(5-7-18)21-22-16(12-30-21)11-20(26)23-19-10-14(2)24-25(19)17-8-9-31(27,28)13-17/h4-7,10,12,17H,3,8-9,11,13H2,1-2H3,(H,23,26). The van der Waals surface area contributed by atoms with Crippen LogP contribution in [-0.2, 0) is 21.1 Å². The maximum Gasteiger partial charge on any atom is 0.231 e. The van der Waals surface area contributed by atoms with Gasteiger partial charge in [0.2, 0.25) is 5.91 Å². The molecule has 164 valence electrons. The average molecular weight is 461 g/mol. The molecule has 1 saturated heterocycles. The molecule has 10 heteroatoms.